The summed E-state index contributed by atoms with van der Waals surface area (Å²) in [5.74, 6) is 1.68. The van der Waals surface area contributed by atoms with Gasteiger partial charge in [-0.2, -0.15) is 4.98 Å². The highest BCUT2D eigenvalue weighted by Gasteiger charge is 2.27. The van der Waals surface area contributed by atoms with Crippen LogP contribution < -0.4 is 4.90 Å². The smallest absolute Gasteiger partial charge is 0.289 e. The predicted octanol–water partition coefficient (Wildman–Crippen LogP) is 4.52. The van der Waals surface area contributed by atoms with Crippen LogP contribution in [0.1, 0.15) is 33.9 Å². The van der Waals surface area contributed by atoms with Crippen LogP contribution in [0.25, 0.3) is 22.4 Å². The summed E-state index contributed by atoms with van der Waals surface area (Å²) in [4.78, 5) is 31.0. The van der Waals surface area contributed by atoms with E-state index in [1.165, 1.54) is 11.8 Å². The van der Waals surface area contributed by atoms with Crippen molar-refractivity contribution < 1.29 is 13.7 Å². The Morgan fingerprint density at radius 1 is 1.00 bits per heavy atom. The molecular weight excluding hydrogens is 468 g/mol. The second-order valence-corrected chi connectivity index (χ2v) is 9.19. The molecule has 6 rings (SSSR count). The lowest BCUT2D eigenvalue weighted by Crippen LogP contribution is -2.35. The summed E-state index contributed by atoms with van der Waals surface area (Å²) < 4.78 is 11.1. The molecule has 5 aromatic rings. The van der Waals surface area contributed by atoms with Crippen LogP contribution in [0, 0.1) is 6.92 Å². The van der Waals surface area contributed by atoms with E-state index >= 15 is 0 Å². The third kappa shape index (κ3) is 4.67. The van der Waals surface area contributed by atoms with Gasteiger partial charge in [-0.1, -0.05) is 35.0 Å². The largest absolute Gasteiger partial charge is 0.459 e. The monoisotopic (exact) mass is 494 g/mol. The van der Waals surface area contributed by atoms with Crippen molar-refractivity contribution in [3.8, 4) is 11.3 Å². The minimum Gasteiger partial charge on any atom is -0.459 e. The van der Waals surface area contributed by atoms with E-state index in [0.717, 1.165) is 35.3 Å². The van der Waals surface area contributed by atoms with Gasteiger partial charge < -0.3 is 18.7 Å². The van der Waals surface area contributed by atoms with Gasteiger partial charge >= 0.3 is 0 Å². The Hall–Kier alpha value is -4.53. The van der Waals surface area contributed by atoms with E-state index in [-0.39, 0.29) is 5.91 Å². The lowest BCUT2D eigenvalue weighted by atomic mass is 10.1. The van der Waals surface area contributed by atoms with Crippen molar-refractivity contribution in [2.75, 3.05) is 31.1 Å². The molecule has 1 aliphatic rings. The summed E-state index contributed by atoms with van der Waals surface area (Å²) >= 11 is 0. The average Bonchev–Trinajstić information content (AvgIpc) is 3.55. The maximum absolute atomic E-state index is 12.9. The number of carbonyl (C=O) groups excluding carboxylic acids is 1. The van der Waals surface area contributed by atoms with E-state index in [2.05, 4.69) is 46.2 Å². The van der Waals surface area contributed by atoms with Crippen molar-refractivity contribution in [2.45, 2.75) is 19.8 Å². The molecule has 5 heterocycles. The Kier molecular flexibility index (Phi) is 6.10. The molecule has 1 fully saturated rings. The number of benzene rings is 1. The lowest BCUT2D eigenvalue weighted by Gasteiger charge is -2.23. The Morgan fingerprint density at radius 3 is 2.68 bits per heavy atom. The fourth-order valence-corrected chi connectivity index (χ4v) is 4.66. The molecule has 0 radical (unpaired) electrons. The van der Waals surface area contributed by atoms with Crippen LogP contribution in [-0.2, 0) is 6.42 Å². The molecule has 0 saturated carbocycles. The average molecular weight is 495 g/mol. The first-order valence-electron chi connectivity index (χ1n) is 12.4. The number of nitrogens with zero attached hydrogens (tertiary/aromatic N) is 6. The second kappa shape index (κ2) is 9.85. The minimum atomic E-state index is -0.0965. The Balaban J connectivity index is 1.37. The highest BCUT2D eigenvalue weighted by Crippen LogP contribution is 2.34. The number of furan rings is 1. The molecule has 1 aromatic carbocycles. The third-order valence-corrected chi connectivity index (χ3v) is 6.60. The quantitative estimate of drug-likeness (QED) is 0.351. The van der Waals surface area contributed by atoms with Crippen molar-refractivity contribution in [1.29, 1.82) is 0 Å². The number of fused-ring (bicyclic) bond motifs is 1. The molecule has 1 saturated heterocycles. The Morgan fingerprint density at radius 2 is 1.89 bits per heavy atom. The summed E-state index contributed by atoms with van der Waals surface area (Å²) in [6.07, 6.45) is 6.37. The zero-order chi connectivity index (χ0) is 25.2. The number of pyridine rings is 1. The summed E-state index contributed by atoms with van der Waals surface area (Å²) in [5.41, 5.74) is 4.26. The molecule has 0 unspecified atom stereocenters. The number of carbonyl (C=O) groups is 1. The molecule has 1 amide bonds. The van der Waals surface area contributed by atoms with Crippen molar-refractivity contribution >= 4 is 22.8 Å². The van der Waals surface area contributed by atoms with Crippen molar-refractivity contribution in [3.05, 3.63) is 89.9 Å². The van der Waals surface area contributed by atoms with Crippen molar-refractivity contribution in [2.24, 2.45) is 0 Å². The number of hydrogen-bond acceptors (Lipinski definition) is 8. The first kappa shape index (κ1) is 22.9. The van der Waals surface area contributed by atoms with Gasteiger partial charge in [-0.25, -0.2) is 4.98 Å². The number of amides is 1. The number of rotatable bonds is 5. The predicted molar refractivity (Wildman–Crippen MR) is 138 cm³/mol. The molecule has 186 valence electrons. The van der Waals surface area contributed by atoms with Gasteiger partial charge in [0.15, 0.2) is 5.76 Å². The topological polar surface area (TPSA) is 101 Å². The molecule has 0 aliphatic carbocycles. The van der Waals surface area contributed by atoms with Crippen molar-refractivity contribution in [1.82, 2.24) is 25.0 Å². The molecule has 4 aromatic heterocycles. The Labute approximate surface area is 213 Å². The van der Waals surface area contributed by atoms with Gasteiger partial charge in [0, 0.05) is 50.6 Å². The van der Waals surface area contributed by atoms with E-state index in [0.29, 0.717) is 49.0 Å². The van der Waals surface area contributed by atoms with Crippen LogP contribution in [0.3, 0.4) is 0 Å². The van der Waals surface area contributed by atoms with Gasteiger partial charge in [0.2, 0.25) is 0 Å². The van der Waals surface area contributed by atoms with Crippen LogP contribution in [-0.4, -0.2) is 57.1 Å². The highest BCUT2D eigenvalue weighted by atomic mass is 16.5. The van der Waals surface area contributed by atoms with E-state index in [1.807, 2.05) is 17.0 Å². The zero-order valence-corrected chi connectivity index (χ0v) is 20.5. The fraction of sp³-hybridized carbons (Fsp3) is 0.250. The molecule has 9 heteroatoms. The second-order valence-electron chi connectivity index (χ2n) is 9.19. The van der Waals surface area contributed by atoms with Crippen LogP contribution in [0.2, 0.25) is 0 Å². The van der Waals surface area contributed by atoms with Gasteiger partial charge in [-0.3, -0.25) is 9.78 Å². The van der Waals surface area contributed by atoms with Gasteiger partial charge in [-0.05, 0) is 43.2 Å². The van der Waals surface area contributed by atoms with E-state index in [9.17, 15) is 4.79 Å². The number of aromatic nitrogens is 4. The number of hydrogen-bond donors (Lipinski definition) is 0. The normalized spacial score (nSPS) is 14.2. The number of aryl methyl sites for hydroxylation is 1. The molecule has 0 N–H and O–H groups in total. The summed E-state index contributed by atoms with van der Waals surface area (Å²) in [6.45, 7) is 4.60. The third-order valence-electron chi connectivity index (χ3n) is 6.60. The minimum absolute atomic E-state index is 0.0965. The number of anilines is 1. The van der Waals surface area contributed by atoms with E-state index in [4.69, 9.17) is 18.9 Å². The highest BCUT2D eigenvalue weighted by molar-refractivity contribution is 5.98. The summed E-state index contributed by atoms with van der Waals surface area (Å²) in [7, 11) is 0. The summed E-state index contributed by atoms with van der Waals surface area (Å²) in [5, 5.41) is 5.12. The zero-order valence-electron chi connectivity index (χ0n) is 20.5. The molecule has 1 aliphatic heterocycles. The molecular formula is C28H26N6O3. The van der Waals surface area contributed by atoms with E-state index < -0.39 is 0 Å². The van der Waals surface area contributed by atoms with Crippen molar-refractivity contribution in [3.63, 3.8) is 0 Å². The van der Waals surface area contributed by atoms with Gasteiger partial charge in [0.25, 0.3) is 11.6 Å². The first-order chi connectivity index (χ1) is 18.2. The summed E-state index contributed by atoms with van der Waals surface area (Å²) in [6, 6.07) is 15.6. The van der Waals surface area contributed by atoms with Crippen LogP contribution >= 0.6 is 0 Å². The lowest BCUT2D eigenvalue weighted by molar-refractivity contribution is 0.0735. The first-order valence-corrected chi connectivity index (χ1v) is 12.4. The maximum atomic E-state index is 12.9. The molecule has 0 spiro atoms. The van der Waals surface area contributed by atoms with Gasteiger partial charge in [0.1, 0.15) is 22.7 Å². The van der Waals surface area contributed by atoms with Gasteiger partial charge in [0.05, 0.1) is 6.26 Å². The molecule has 37 heavy (non-hydrogen) atoms. The Bertz CT molecular complexity index is 1510. The molecule has 0 bridgehead atoms. The maximum Gasteiger partial charge on any atom is 0.289 e. The SMILES string of the molecule is Cc1ccc(Cc2nc(N3CCCN(C(=O)c4ccco4)CC3)c3c(-c4cccnc4)noc3n2)cc1. The van der Waals surface area contributed by atoms with Crippen LogP contribution in [0.5, 0.6) is 0 Å². The molecule has 0 atom stereocenters. The standard InChI is InChI=1S/C28H26N6O3/c1-19-7-9-20(10-8-19)17-23-30-26(24-25(32-37-27(24)31-23)21-5-2-11-29-18-21)33-12-4-13-34(15-14-33)28(35)22-6-3-16-36-22/h2-3,5-11,16,18H,4,12-15,17H2,1H3. The molecule has 9 nitrogen and oxygen atoms in total. The van der Waals surface area contributed by atoms with Crippen LogP contribution in [0.15, 0.2) is 76.1 Å². The van der Waals surface area contributed by atoms with Crippen LogP contribution in [0.4, 0.5) is 5.82 Å². The fourth-order valence-electron chi connectivity index (χ4n) is 4.66. The van der Waals surface area contributed by atoms with E-state index in [1.54, 1.807) is 24.5 Å². The van der Waals surface area contributed by atoms with Gasteiger partial charge in [-0.15, -0.1) is 0 Å².